The molecule has 0 bridgehead atoms. The van der Waals surface area contributed by atoms with Crippen LogP contribution in [0.25, 0.3) is 0 Å². The molecule has 61 heavy (non-hydrogen) atoms. The number of amides is 1. The van der Waals surface area contributed by atoms with Crippen molar-refractivity contribution in [1.82, 2.24) is 4.90 Å². The van der Waals surface area contributed by atoms with Crippen LogP contribution in [-0.2, 0) is 27.5 Å². The van der Waals surface area contributed by atoms with E-state index in [0.717, 1.165) is 47.9 Å². The molecule has 0 spiro atoms. The molecule has 2 heterocycles. The summed E-state index contributed by atoms with van der Waals surface area (Å²) in [7, 11) is 0. The van der Waals surface area contributed by atoms with E-state index in [2.05, 4.69) is 25.3 Å². The highest BCUT2D eigenvalue weighted by atomic mass is 35.5. The van der Waals surface area contributed by atoms with Gasteiger partial charge >= 0.3 is 6.09 Å². The first-order valence-corrected chi connectivity index (χ1v) is 21.8. The number of carbonyl (C=O) groups is 1. The molecule has 2 aliphatic carbocycles. The summed E-state index contributed by atoms with van der Waals surface area (Å²) < 4.78 is 37.8. The van der Waals surface area contributed by atoms with Gasteiger partial charge in [-0.1, -0.05) is 79.2 Å². The Kier molecular flexibility index (Phi) is 15.3. The van der Waals surface area contributed by atoms with Gasteiger partial charge in [0.2, 0.25) is 12.6 Å². The van der Waals surface area contributed by atoms with Gasteiger partial charge in [0.15, 0.2) is 11.5 Å². The van der Waals surface area contributed by atoms with E-state index < -0.39 is 23.8 Å². The first-order chi connectivity index (χ1) is 29.9. The molecule has 13 heteroatoms. The average molecular weight is 857 g/mol. The van der Waals surface area contributed by atoms with Gasteiger partial charge in [0.1, 0.15) is 37.4 Å². The van der Waals surface area contributed by atoms with E-state index in [1.54, 1.807) is 17.1 Å². The lowest BCUT2D eigenvalue weighted by Gasteiger charge is -2.59. The second-order valence-corrected chi connectivity index (χ2v) is 16.1. The zero-order chi connectivity index (χ0) is 42.6. The van der Waals surface area contributed by atoms with Crippen LogP contribution in [0, 0.1) is 17.8 Å². The van der Waals surface area contributed by atoms with Crippen LogP contribution in [0.2, 0.25) is 0 Å². The van der Waals surface area contributed by atoms with Crippen molar-refractivity contribution in [1.29, 1.82) is 0 Å². The van der Waals surface area contributed by atoms with Crippen LogP contribution < -0.4 is 18.9 Å². The number of ether oxygens (including phenoxy) is 6. The third-order valence-corrected chi connectivity index (χ3v) is 12.1. The van der Waals surface area contributed by atoms with E-state index in [1.165, 1.54) is 0 Å². The number of carbonyl (C=O) groups excluding carboxylic acids is 1. The largest absolute Gasteiger partial charge is 0.490 e. The number of alkyl halides is 1. The third kappa shape index (κ3) is 9.88. The molecular weight excluding hydrogens is 800 g/mol. The van der Waals surface area contributed by atoms with Crippen molar-refractivity contribution in [2.24, 2.45) is 22.9 Å². The minimum Gasteiger partial charge on any atom is -0.490 e. The van der Waals surface area contributed by atoms with Crippen LogP contribution in [-0.4, -0.2) is 84.5 Å². The zero-order valence-electron chi connectivity index (χ0n) is 34.6. The molecule has 0 radical (unpaired) electrons. The van der Waals surface area contributed by atoms with Gasteiger partial charge in [-0.3, -0.25) is 4.90 Å². The highest BCUT2D eigenvalue weighted by molar-refractivity contribution is 6.18. The van der Waals surface area contributed by atoms with E-state index >= 15 is 0 Å². The molecule has 0 unspecified atom stereocenters. The van der Waals surface area contributed by atoms with Gasteiger partial charge in [0.25, 0.3) is 0 Å². The van der Waals surface area contributed by atoms with Crippen molar-refractivity contribution >= 4 is 23.4 Å². The lowest BCUT2D eigenvalue weighted by molar-refractivity contribution is -0.256. The molecule has 1 saturated carbocycles. The summed E-state index contributed by atoms with van der Waals surface area (Å²) in [6.07, 6.45) is 9.85. The van der Waals surface area contributed by atoms with Gasteiger partial charge in [0.05, 0.1) is 24.1 Å². The fourth-order valence-electron chi connectivity index (χ4n) is 9.40. The number of unbranched alkanes of at least 4 members (excludes halogenated alkanes) is 2. The molecule has 4 aliphatic rings. The van der Waals surface area contributed by atoms with Crippen molar-refractivity contribution in [2.45, 2.75) is 75.8 Å². The van der Waals surface area contributed by atoms with Gasteiger partial charge in [0, 0.05) is 37.7 Å². The fraction of sp³-hybridized carbons (Fsp3) is 0.458. The molecule has 1 amide bonds. The maximum absolute atomic E-state index is 14.6. The van der Waals surface area contributed by atoms with E-state index in [1.807, 2.05) is 60.7 Å². The third-order valence-electron chi connectivity index (χ3n) is 12.0. The summed E-state index contributed by atoms with van der Waals surface area (Å²) in [4.78, 5) is 22.5. The topological polar surface area (TPSA) is 138 Å². The van der Waals surface area contributed by atoms with Crippen molar-refractivity contribution in [3.05, 3.63) is 120 Å². The predicted octanol–water partition coefficient (Wildman–Crippen LogP) is 8.69. The number of benzene rings is 3. The second-order valence-electron chi connectivity index (χ2n) is 15.8. The Hall–Kier alpha value is -5.01. The number of hydrogen-bond donors (Lipinski definition) is 2. The smallest absolute Gasteiger partial charge is 0.410 e. The molecule has 2 N–H and O–H groups in total. The molecule has 326 valence electrons. The Morgan fingerprint density at radius 1 is 0.918 bits per heavy atom. The molecule has 3 aromatic carbocycles. The molecule has 2 aliphatic heterocycles. The molecular formula is C48H57ClN2O10. The van der Waals surface area contributed by atoms with Gasteiger partial charge in [-0.2, -0.15) is 0 Å². The number of aliphatic hydroxyl groups excluding tert-OH is 2. The fourth-order valence-corrected chi connectivity index (χ4v) is 9.48. The van der Waals surface area contributed by atoms with Crippen molar-refractivity contribution in [3.63, 3.8) is 0 Å². The summed E-state index contributed by atoms with van der Waals surface area (Å²) in [6.45, 7) is 8.94. The maximum atomic E-state index is 14.6. The van der Waals surface area contributed by atoms with Gasteiger partial charge in [-0.15, -0.1) is 18.2 Å². The van der Waals surface area contributed by atoms with Crippen molar-refractivity contribution < 1.29 is 48.3 Å². The minimum atomic E-state index is -1.48. The van der Waals surface area contributed by atoms with Crippen LogP contribution in [0.4, 0.5) is 4.79 Å². The average Bonchev–Trinajstić information content (AvgIpc) is 3.76. The summed E-state index contributed by atoms with van der Waals surface area (Å²) in [5, 5.41) is 24.8. The van der Waals surface area contributed by atoms with Crippen LogP contribution in [0.15, 0.2) is 109 Å². The molecule has 6 atom stereocenters. The van der Waals surface area contributed by atoms with Crippen LogP contribution in [0.3, 0.4) is 0 Å². The molecule has 7 rings (SSSR count). The first kappa shape index (κ1) is 44.1. The number of fused-ring (bicyclic) bond motifs is 3. The van der Waals surface area contributed by atoms with E-state index in [4.69, 9.17) is 50.0 Å². The standard InChI is InChI=1S/C48H57ClN2O10/c1-3-23-55-36-17-19-41-39(28-36)45-37(15-9-11-22-53)35(14-8-10-21-52)27-38-40(50-60-31-33-12-6-5-7-13-33)29-44(48(61-41,46(38)45)59-24-4-2)51(47(54)56-25-20-49)30-34-16-18-42-43(26-34)58-32-57-42/h3-7,12-13,16-19,26-28,35,37,44-46,52-53H,1-2,8-11,14-15,20-25,29-32H2/t35-,37+,44-,45+,46+,48+/m0/s1. The molecule has 3 aromatic rings. The van der Waals surface area contributed by atoms with E-state index in [0.29, 0.717) is 48.2 Å². The Bertz CT molecular complexity index is 2030. The minimum absolute atomic E-state index is 0.0107. The summed E-state index contributed by atoms with van der Waals surface area (Å²) in [5.41, 5.74) is 4.28. The van der Waals surface area contributed by atoms with Crippen LogP contribution >= 0.6 is 11.6 Å². The highest BCUT2D eigenvalue weighted by Crippen LogP contribution is 2.62. The summed E-state index contributed by atoms with van der Waals surface area (Å²) >= 11 is 6.12. The lowest BCUT2D eigenvalue weighted by atomic mass is 9.55. The number of allylic oxidation sites excluding steroid dienone is 1. The predicted molar refractivity (Wildman–Crippen MR) is 232 cm³/mol. The Labute approximate surface area is 363 Å². The van der Waals surface area contributed by atoms with Gasteiger partial charge in [-0.25, -0.2) is 4.79 Å². The normalized spacial score (nSPS) is 23.8. The Balaban J connectivity index is 1.44. The number of halogens is 1. The lowest BCUT2D eigenvalue weighted by Crippen LogP contribution is -2.70. The van der Waals surface area contributed by atoms with Crippen LogP contribution in [0.5, 0.6) is 23.0 Å². The first-order valence-electron chi connectivity index (χ1n) is 21.3. The van der Waals surface area contributed by atoms with Crippen molar-refractivity contribution in [3.8, 4) is 23.0 Å². The number of oxime groups is 1. The highest BCUT2D eigenvalue weighted by Gasteiger charge is 2.65. The SMILES string of the molecule is C=CCOc1ccc2c(c1)[C@H]1[C@H](CCCCO)[C@@H](CCCCO)C=C3C(=NOCc4ccccc4)C[C@H](N(Cc4ccc5c(c4)OCO5)C(=O)OCCCl)[C@@](OCC=C)(O2)[C@H]31. The Morgan fingerprint density at radius 3 is 2.46 bits per heavy atom. The number of nitrogens with zero attached hydrogens (tertiary/aromatic N) is 2. The molecule has 0 saturated heterocycles. The Morgan fingerprint density at radius 2 is 1.69 bits per heavy atom. The zero-order valence-corrected chi connectivity index (χ0v) is 35.4. The monoisotopic (exact) mass is 856 g/mol. The summed E-state index contributed by atoms with van der Waals surface area (Å²) in [6, 6.07) is 20.5. The van der Waals surface area contributed by atoms with Crippen LogP contribution in [0.1, 0.15) is 67.6 Å². The van der Waals surface area contributed by atoms with E-state index in [9.17, 15) is 15.0 Å². The van der Waals surface area contributed by atoms with Gasteiger partial charge in [-0.05, 0) is 84.6 Å². The number of rotatable bonds is 22. The molecule has 0 aromatic heterocycles. The number of hydrogen-bond acceptors (Lipinski definition) is 11. The second kappa shape index (κ2) is 21.2. The summed E-state index contributed by atoms with van der Waals surface area (Å²) in [5.74, 6) is 0.476. The molecule has 1 fully saturated rings. The van der Waals surface area contributed by atoms with Gasteiger partial charge < -0.3 is 43.5 Å². The quantitative estimate of drug-likeness (QED) is 0.0437. The maximum Gasteiger partial charge on any atom is 0.410 e. The van der Waals surface area contributed by atoms with Crippen molar-refractivity contribution in [2.75, 3.05) is 45.7 Å². The molecule has 12 nitrogen and oxygen atoms in total. The van der Waals surface area contributed by atoms with E-state index in [-0.39, 0.29) is 76.4 Å². The number of aliphatic hydroxyl groups is 2.